The van der Waals surface area contributed by atoms with Crippen molar-refractivity contribution in [3.8, 4) is 22.6 Å². The molecule has 2 aromatic rings. The van der Waals surface area contributed by atoms with Gasteiger partial charge in [0.2, 0.25) is 0 Å². The topological polar surface area (TPSA) is 29.5 Å². The largest absolute Gasteiger partial charge is 0.507 e. The molecule has 0 heterocycles. The Morgan fingerprint density at radius 3 is 2.40 bits per heavy atom. The van der Waals surface area contributed by atoms with Gasteiger partial charge >= 0.3 is 0 Å². The lowest BCUT2D eigenvalue weighted by Gasteiger charge is -2.13. The summed E-state index contributed by atoms with van der Waals surface area (Å²) >= 11 is 0. The van der Waals surface area contributed by atoms with E-state index in [2.05, 4.69) is 45.1 Å². The molecule has 0 saturated heterocycles. The molecule has 0 aliphatic rings. The average Bonchev–Trinajstić information content (AvgIpc) is 2.60. The van der Waals surface area contributed by atoms with Crippen molar-refractivity contribution >= 4 is 0 Å². The molecule has 0 unspecified atom stereocenters. The molecular weight excluding hydrogens is 308 g/mol. The second kappa shape index (κ2) is 9.12. The maximum atomic E-state index is 10.5. The first-order valence-electron chi connectivity index (χ1n) is 8.75. The van der Waals surface area contributed by atoms with Gasteiger partial charge < -0.3 is 9.84 Å². The Hall–Kier alpha value is -2.48. The van der Waals surface area contributed by atoms with Crippen molar-refractivity contribution in [3.63, 3.8) is 0 Å². The first kappa shape index (κ1) is 18.9. The van der Waals surface area contributed by atoms with Crippen LogP contribution in [0.3, 0.4) is 0 Å². The van der Waals surface area contributed by atoms with E-state index in [1.165, 1.54) is 11.1 Å². The second-order valence-electron chi connectivity index (χ2n) is 6.61. The maximum Gasteiger partial charge on any atom is 0.123 e. The molecular formula is C23H28O2. The molecule has 2 heteroatoms. The van der Waals surface area contributed by atoms with Gasteiger partial charge in [-0.15, -0.1) is 0 Å². The normalized spacial score (nSPS) is 11.3. The first-order valence-corrected chi connectivity index (χ1v) is 8.75. The predicted octanol–water partition coefficient (Wildman–Crippen LogP) is 6.30. The van der Waals surface area contributed by atoms with Crippen molar-refractivity contribution in [3.05, 3.63) is 71.3 Å². The maximum absolute atomic E-state index is 10.5. The van der Waals surface area contributed by atoms with E-state index in [4.69, 9.17) is 4.74 Å². The number of benzene rings is 2. The molecule has 0 atom stereocenters. The lowest BCUT2D eigenvalue weighted by atomic mass is 9.95. The summed E-state index contributed by atoms with van der Waals surface area (Å²) in [4.78, 5) is 0. The Morgan fingerprint density at radius 1 is 1.04 bits per heavy atom. The van der Waals surface area contributed by atoms with Crippen molar-refractivity contribution in [2.24, 2.45) is 0 Å². The van der Waals surface area contributed by atoms with Gasteiger partial charge in [-0.25, -0.2) is 0 Å². The van der Waals surface area contributed by atoms with Gasteiger partial charge in [0, 0.05) is 11.6 Å². The molecule has 0 fully saturated rings. The number of hydrogen-bond donors (Lipinski definition) is 1. The molecule has 0 aliphatic carbocycles. The van der Waals surface area contributed by atoms with Gasteiger partial charge in [-0.05, 0) is 57.2 Å². The lowest BCUT2D eigenvalue weighted by molar-refractivity contribution is 0.407. The first-order chi connectivity index (χ1) is 12.0. The van der Waals surface area contributed by atoms with Crippen LogP contribution in [0.15, 0.2) is 65.8 Å². The SMILES string of the molecule is COc1cc(O)c(C/C=C(\C)CCC=C(C)C)c(-c2ccccc2)c1. The molecule has 2 rings (SSSR count). The molecule has 0 radical (unpaired) electrons. The summed E-state index contributed by atoms with van der Waals surface area (Å²) in [5.41, 5.74) is 5.74. The van der Waals surface area contributed by atoms with Crippen LogP contribution in [-0.2, 0) is 6.42 Å². The van der Waals surface area contributed by atoms with E-state index in [0.29, 0.717) is 12.2 Å². The van der Waals surface area contributed by atoms with Crippen LogP contribution in [0, 0.1) is 0 Å². The van der Waals surface area contributed by atoms with E-state index < -0.39 is 0 Å². The summed E-state index contributed by atoms with van der Waals surface area (Å²) in [6, 6.07) is 13.8. The number of hydrogen-bond acceptors (Lipinski definition) is 2. The number of phenols is 1. The van der Waals surface area contributed by atoms with Gasteiger partial charge in [0.15, 0.2) is 0 Å². The van der Waals surface area contributed by atoms with Crippen LogP contribution in [0.25, 0.3) is 11.1 Å². The highest BCUT2D eigenvalue weighted by molar-refractivity contribution is 5.72. The molecule has 1 N–H and O–H groups in total. The third kappa shape index (κ3) is 5.53. The summed E-state index contributed by atoms with van der Waals surface area (Å²) < 4.78 is 5.33. The quantitative estimate of drug-likeness (QED) is 0.601. The zero-order chi connectivity index (χ0) is 18.2. The standard InChI is InChI=1S/C23H28O2/c1-17(2)9-8-10-18(3)13-14-21-22(19-11-6-5-7-12-19)15-20(25-4)16-23(21)24/h5-7,9,11-13,15-16,24H,8,10,14H2,1-4H3/b18-13+. The van der Waals surface area contributed by atoms with Crippen LogP contribution in [0.4, 0.5) is 0 Å². The third-order valence-electron chi connectivity index (χ3n) is 4.27. The average molecular weight is 336 g/mol. The number of ether oxygens (including phenoxy) is 1. The van der Waals surface area contributed by atoms with Crippen LogP contribution < -0.4 is 4.74 Å². The molecule has 0 spiro atoms. The van der Waals surface area contributed by atoms with Gasteiger partial charge in [-0.1, -0.05) is 53.6 Å². The molecule has 0 saturated carbocycles. The predicted molar refractivity (Wildman–Crippen MR) is 106 cm³/mol. The Balaban J connectivity index is 2.29. The minimum absolute atomic E-state index is 0.284. The van der Waals surface area contributed by atoms with E-state index in [1.54, 1.807) is 13.2 Å². The zero-order valence-electron chi connectivity index (χ0n) is 15.7. The van der Waals surface area contributed by atoms with Crippen molar-refractivity contribution in [2.45, 2.75) is 40.0 Å². The summed E-state index contributed by atoms with van der Waals surface area (Å²) in [5.74, 6) is 0.955. The fourth-order valence-electron chi connectivity index (χ4n) is 2.81. The van der Waals surface area contributed by atoms with E-state index >= 15 is 0 Å². The monoisotopic (exact) mass is 336 g/mol. The Kier molecular flexibility index (Phi) is 6.88. The summed E-state index contributed by atoms with van der Waals surface area (Å²) in [6.45, 7) is 6.41. The van der Waals surface area contributed by atoms with Crippen molar-refractivity contribution < 1.29 is 9.84 Å². The minimum atomic E-state index is 0.284. The van der Waals surface area contributed by atoms with Crippen LogP contribution in [-0.4, -0.2) is 12.2 Å². The third-order valence-corrected chi connectivity index (χ3v) is 4.27. The van der Waals surface area contributed by atoms with E-state index in [9.17, 15) is 5.11 Å². The van der Waals surface area contributed by atoms with Crippen LogP contribution in [0.5, 0.6) is 11.5 Å². The van der Waals surface area contributed by atoms with Crippen molar-refractivity contribution in [1.29, 1.82) is 0 Å². The van der Waals surface area contributed by atoms with Crippen LogP contribution in [0.2, 0.25) is 0 Å². The van der Waals surface area contributed by atoms with E-state index in [1.807, 2.05) is 24.3 Å². The van der Waals surface area contributed by atoms with Gasteiger partial charge in [0.25, 0.3) is 0 Å². The van der Waals surface area contributed by atoms with Crippen LogP contribution >= 0.6 is 0 Å². The molecule has 0 aromatic heterocycles. The smallest absolute Gasteiger partial charge is 0.123 e. The number of methoxy groups -OCH3 is 1. The Morgan fingerprint density at radius 2 is 1.76 bits per heavy atom. The summed E-state index contributed by atoms with van der Waals surface area (Å²) in [6.07, 6.45) is 7.29. The number of aromatic hydroxyl groups is 1. The highest BCUT2D eigenvalue weighted by atomic mass is 16.5. The second-order valence-corrected chi connectivity index (χ2v) is 6.61. The molecule has 25 heavy (non-hydrogen) atoms. The molecule has 2 nitrogen and oxygen atoms in total. The molecule has 2 aromatic carbocycles. The van der Waals surface area contributed by atoms with Gasteiger partial charge in [0.05, 0.1) is 7.11 Å². The number of rotatable bonds is 7. The zero-order valence-corrected chi connectivity index (χ0v) is 15.7. The van der Waals surface area contributed by atoms with Gasteiger partial charge in [-0.2, -0.15) is 0 Å². The highest BCUT2D eigenvalue weighted by Gasteiger charge is 2.12. The van der Waals surface area contributed by atoms with E-state index in [-0.39, 0.29) is 5.75 Å². The van der Waals surface area contributed by atoms with Crippen LogP contribution in [0.1, 0.15) is 39.2 Å². The lowest BCUT2D eigenvalue weighted by Crippen LogP contribution is -1.93. The molecule has 0 aliphatic heterocycles. The summed E-state index contributed by atoms with van der Waals surface area (Å²) in [5, 5.41) is 10.5. The Labute approximate surface area is 151 Å². The minimum Gasteiger partial charge on any atom is -0.507 e. The van der Waals surface area contributed by atoms with Crippen molar-refractivity contribution in [2.75, 3.05) is 7.11 Å². The fraction of sp³-hybridized carbons (Fsp3) is 0.304. The van der Waals surface area contributed by atoms with Crippen molar-refractivity contribution in [1.82, 2.24) is 0 Å². The molecule has 0 amide bonds. The summed E-state index contributed by atoms with van der Waals surface area (Å²) in [7, 11) is 1.62. The Bertz CT molecular complexity index is 751. The molecule has 132 valence electrons. The fourth-order valence-corrected chi connectivity index (χ4v) is 2.81. The number of phenolic OH excluding ortho intramolecular Hbond substituents is 1. The van der Waals surface area contributed by atoms with Gasteiger partial charge in [-0.3, -0.25) is 0 Å². The number of allylic oxidation sites excluding steroid dienone is 4. The highest BCUT2D eigenvalue weighted by Crippen LogP contribution is 2.35. The van der Waals surface area contributed by atoms with E-state index in [0.717, 1.165) is 29.5 Å². The van der Waals surface area contributed by atoms with Gasteiger partial charge in [0.1, 0.15) is 11.5 Å². The molecule has 0 bridgehead atoms.